The van der Waals surface area contributed by atoms with E-state index in [0.717, 1.165) is 19.5 Å². The third-order valence-electron chi connectivity index (χ3n) is 4.24. The van der Waals surface area contributed by atoms with Gasteiger partial charge in [0.1, 0.15) is 11.6 Å². The lowest BCUT2D eigenvalue weighted by molar-refractivity contribution is -0.132. The number of nitrogens with one attached hydrogen (secondary N) is 1. The van der Waals surface area contributed by atoms with Gasteiger partial charge in [0.2, 0.25) is 5.91 Å². The van der Waals surface area contributed by atoms with Crippen LogP contribution in [-0.4, -0.2) is 37.6 Å². The summed E-state index contributed by atoms with van der Waals surface area (Å²) in [4.78, 5) is 14.2. The van der Waals surface area contributed by atoms with E-state index in [2.05, 4.69) is 12.2 Å². The second kappa shape index (κ2) is 7.58. The van der Waals surface area contributed by atoms with Crippen LogP contribution in [0.4, 0.5) is 4.39 Å². The fourth-order valence-corrected chi connectivity index (χ4v) is 2.99. The van der Waals surface area contributed by atoms with Gasteiger partial charge in [-0.2, -0.15) is 0 Å². The quantitative estimate of drug-likeness (QED) is 0.909. The van der Waals surface area contributed by atoms with E-state index in [1.54, 1.807) is 12.1 Å². The first-order valence-electron chi connectivity index (χ1n) is 7.86. The lowest BCUT2D eigenvalue weighted by Crippen LogP contribution is -2.43. The van der Waals surface area contributed by atoms with Gasteiger partial charge < -0.3 is 15.0 Å². The highest BCUT2D eigenvalue weighted by atomic mass is 19.1. The molecule has 0 bridgehead atoms. The van der Waals surface area contributed by atoms with Crippen molar-refractivity contribution >= 4 is 5.91 Å². The first-order chi connectivity index (χ1) is 10.5. The highest BCUT2D eigenvalue weighted by Gasteiger charge is 2.22. The summed E-state index contributed by atoms with van der Waals surface area (Å²) in [5.74, 6) is 0.813. The predicted octanol–water partition coefficient (Wildman–Crippen LogP) is 2.74. The van der Waals surface area contributed by atoms with Crippen LogP contribution in [0.2, 0.25) is 0 Å². The van der Waals surface area contributed by atoms with Gasteiger partial charge in [-0.15, -0.1) is 0 Å². The number of likely N-dealkylation sites (tertiary alicyclic amines) is 1. The highest BCUT2D eigenvalue weighted by Crippen LogP contribution is 2.27. The molecule has 0 aliphatic carbocycles. The molecule has 0 aromatic heterocycles. The third kappa shape index (κ3) is 3.97. The SMILES string of the molecule is COc1cccc(F)c1[C@H](C)NCC(=O)N1CCC[C@@H](C)C1. The molecule has 1 aromatic carbocycles. The van der Waals surface area contributed by atoms with Gasteiger partial charge in [-0.25, -0.2) is 4.39 Å². The average Bonchev–Trinajstić information content (AvgIpc) is 2.51. The number of methoxy groups -OCH3 is 1. The van der Waals surface area contributed by atoms with Crippen molar-refractivity contribution < 1.29 is 13.9 Å². The van der Waals surface area contributed by atoms with E-state index >= 15 is 0 Å². The number of amides is 1. The van der Waals surface area contributed by atoms with Crippen molar-refractivity contribution in [3.8, 4) is 5.75 Å². The van der Waals surface area contributed by atoms with Crippen molar-refractivity contribution in [3.63, 3.8) is 0 Å². The van der Waals surface area contributed by atoms with Crippen LogP contribution >= 0.6 is 0 Å². The molecule has 22 heavy (non-hydrogen) atoms. The Balaban J connectivity index is 1.95. The number of rotatable bonds is 5. The molecule has 4 nitrogen and oxygen atoms in total. The fraction of sp³-hybridized carbons (Fsp3) is 0.588. The van der Waals surface area contributed by atoms with Gasteiger partial charge in [-0.1, -0.05) is 13.0 Å². The topological polar surface area (TPSA) is 41.6 Å². The molecule has 1 N–H and O–H groups in total. The van der Waals surface area contributed by atoms with Crippen LogP contribution < -0.4 is 10.1 Å². The standard InChI is InChI=1S/C17H25FN2O2/c1-12-6-5-9-20(11-12)16(21)10-19-13(2)17-14(18)7-4-8-15(17)22-3/h4,7-8,12-13,19H,5-6,9-11H2,1-3H3/t12-,13+/m1/s1. The zero-order valence-corrected chi connectivity index (χ0v) is 13.6. The number of piperidine rings is 1. The molecule has 0 radical (unpaired) electrons. The molecule has 0 unspecified atom stereocenters. The second-order valence-electron chi connectivity index (χ2n) is 6.05. The molecule has 1 heterocycles. The van der Waals surface area contributed by atoms with Gasteiger partial charge in [0.15, 0.2) is 0 Å². The Morgan fingerprint density at radius 1 is 1.55 bits per heavy atom. The van der Waals surface area contributed by atoms with Crippen LogP contribution in [0.1, 0.15) is 38.3 Å². The number of benzene rings is 1. The minimum atomic E-state index is -0.321. The lowest BCUT2D eigenvalue weighted by Gasteiger charge is -2.31. The van der Waals surface area contributed by atoms with Gasteiger partial charge in [0, 0.05) is 24.7 Å². The summed E-state index contributed by atoms with van der Waals surface area (Å²) < 4.78 is 19.2. The molecule has 1 fully saturated rings. The van der Waals surface area contributed by atoms with E-state index in [0.29, 0.717) is 17.2 Å². The maximum Gasteiger partial charge on any atom is 0.236 e. The van der Waals surface area contributed by atoms with E-state index in [1.165, 1.54) is 19.6 Å². The third-order valence-corrected chi connectivity index (χ3v) is 4.24. The molecule has 0 spiro atoms. The van der Waals surface area contributed by atoms with Crippen molar-refractivity contribution in [3.05, 3.63) is 29.6 Å². The number of nitrogens with zero attached hydrogens (tertiary/aromatic N) is 1. The number of halogens is 1. The van der Waals surface area contributed by atoms with Gasteiger partial charge >= 0.3 is 0 Å². The number of ether oxygens (including phenoxy) is 1. The Labute approximate surface area is 131 Å². The average molecular weight is 308 g/mol. The molecular weight excluding hydrogens is 283 g/mol. The van der Waals surface area contributed by atoms with Crippen molar-refractivity contribution in [1.29, 1.82) is 0 Å². The van der Waals surface area contributed by atoms with Crippen LogP contribution in [0.5, 0.6) is 5.75 Å². The maximum absolute atomic E-state index is 14.0. The van der Waals surface area contributed by atoms with E-state index in [4.69, 9.17) is 4.74 Å². The Kier molecular flexibility index (Phi) is 5.77. The number of carbonyl (C=O) groups excluding carboxylic acids is 1. The van der Waals surface area contributed by atoms with Crippen molar-refractivity contribution in [2.24, 2.45) is 5.92 Å². The van der Waals surface area contributed by atoms with Crippen molar-refractivity contribution in [2.75, 3.05) is 26.7 Å². The minimum Gasteiger partial charge on any atom is -0.496 e. The van der Waals surface area contributed by atoms with E-state index < -0.39 is 0 Å². The first kappa shape index (κ1) is 16.7. The molecular formula is C17H25FN2O2. The molecule has 1 saturated heterocycles. The Morgan fingerprint density at radius 2 is 2.32 bits per heavy atom. The summed E-state index contributed by atoms with van der Waals surface area (Å²) in [6.45, 7) is 5.86. The molecule has 1 aliphatic heterocycles. The van der Waals surface area contributed by atoms with Crippen LogP contribution in [0.25, 0.3) is 0 Å². The number of hydrogen-bond acceptors (Lipinski definition) is 3. The smallest absolute Gasteiger partial charge is 0.236 e. The van der Waals surface area contributed by atoms with Gasteiger partial charge in [-0.3, -0.25) is 4.79 Å². The molecule has 2 atom stereocenters. The summed E-state index contributed by atoms with van der Waals surface area (Å²) in [7, 11) is 1.52. The number of carbonyl (C=O) groups is 1. The predicted molar refractivity (Wildman–Crippen MR) is 84.3 cm³/mol. The minimum absolute atomic E-state index is 0.0775. The van der Waals surface area contributed by atoms with Crippen LogP contribution in [-0.2, 0) is 4.79 Å². The molecule has 1 aliphatic rings. The zero-order chi connectivity index (χ0) is 16.1. The first-order valence-corrected chi connectivity index (χ1v) is 7.86. The van der Waals surface area contributed by atoms with Crippen molar-refractivity contribution in [1.82, 2.24) is 10.2 Å². The zero-order valence-electron chi connectivity index (χ0n) is 13.6. The fourth-order valence-electron chi connectivity index (χ4n) is 2.99. The Bertz CT molecular complexity index is 521. The Hall–Kier alpha value is -1.62. The Morgan fingerprint density at radius 3 is 3.00 bits per heavy atom. The molecule has 1 amide bonds. The summed E-state index contributed by atoms with van der Waals surface area (Å²) >= 11 is 0. The van der Waals surface area contributed by atoms with E-state index in [1.807, 2.05) is 11.8 Å². The number of hydrogen-bond donors (Lipinski definition) is 1. The molecule has 5 heteroatoms. The highest BCUT2D eigenvalue weighted by molar-refractivity contribution is 5.78. The van der Waals surface area contributed by atoms with Crippen LogP contribution in [0, 0.1) is 11.7 Å². The normalized spacial score (nSPS) is 19.8. The monoisotopic (exact) mass is 308 g/mol. The molecule has 122 valence electrons. The van der Waals surface area contributed by atoms with Crippen LogP contribution in [0.15, 0.2) is 18.2 Å². The molecule has 2 rings (SSSR count). The van der Waals surface area contributed by atoms with Crippen molar-refractivity contribution in [2.45, 2.75) is 32.7 Å². The summed E-state index contributed by atoms with van der Waals surface area (Å²) in [6, 6.07) is 4.46. The van der Waals surface area contributed by atoms with E-state index in [-0.39, 0.29) is 24.3 Å². The maximum atomic E-state index is 14.0. The second-order valence-corrected chi connectivity index (χ2v) is 6.05. The van der Waals surface area contributed by atoms with Gasteiger partial charge in [-0.05, 0) is 37.8 Å². The summed E-state index contributed by atoms with van der Waals surface area (Å²) in [5.41, 5.74) is 0.463. The summed E-state index contributed by atoms with van der Waals surface area (Å²) in [5, 5.41) is 3.12. The molecule has 0 saturated carbocycles. The summed E-state index contributed by atoms with van der Waals surface area (Å²) in [6.07, 6.45) is 2.24. The lowest BCUT2D eigenvalue weighted by atomic mass is 10.0. The van der Waals surface area contributed by atoms with Crippen LogP contribution in [0.3, 0.4) is 0 Å². The van der Waals surface area contributed by atoms with Gasteiger partial charge in [0.25, 0.3) is 0 Å². The molecule has 1 aromatic rings. The van der Waals surface area contributed by atoms with E-state index in [9.17, 15) is 9.18 Å². The largest absolute Gasteiger partial charge is 0.496 e. The van der Waals surface area contributed by atoms with Gasteiger partial charge in [0.05, 0.1) is 13.7 Å².